The van der Waals surface area contributed by atoms with Crippen LogP contribution in [0, 0.1) is 0 Å². The van der Waals surface area contributed by atoms with E-state index >= 15 is 0 Å². The largest absolute Gasteiger partial charge is 0.484 e. The molecule has 10 heteroatoms. The molecule has 28 heavy (non-hydrogen) atoms. The molecule has 0 saturated heterocycles. The number of benzene rings is 1. The molecule has 0 aliphatic carbocycles. The van der Waals surface area contributed by atoms with Crippen LogP contribution in [-0.2, 0) is 24.3 Å². The molecule has 0 saturated carbocycles. The second kappa shape index (κ2) is 11.0. The maximum absolute atomic E-state index is 12.5. The summed E-state index contributed by atoms with van der Waals surface area (Å²) in [6.07, 6.45) is 0. The van der Waals surface area contributed by atoms with E-state index in [2.05, 4.69) is 5.32 Å². The molecule has 1 amide bonds. The Labute approximate surface area is 169 Å². The van der Waals surface area contributed by atoms with Gasteiger partial charge in [0, 0.05) is 20.7 Å². The summed E-state index contributed by atoms with van der Waals surface area (Å²) in [6, 6.07) is 9.76. The summed E-state index contributed by atoms with van der Waals surface area (Å²) in [5.74, 6) is 0.203. The average Bonchev–Trinajstić information content (AvgIpc) is 3.24. The molecule has 1 aromatic heterocycles. The lowest BCUT2D eigenvalue weighted by Crippen LogP contribution is -2.31. The van der Waals surface area contributed by atoms with Gasteiger partial charge in [-0.05, 0) is 35.7 Å². The quantitative estimate of drug-likeness (QED) is 0.518. The summed E-state index contributed by atoms with van der Waals surface area (Å²) >= 11 is 1.17. The van der Waals surface area contributed by atoms with Crippen molar-refractivity contribution < 1.29 is 27.4 Å². The number of nitrogens with one attached hydrogen (secondary N) is 1. The van der Waals surface area contributed by atoms with Crippen LogP contribution in [0.2, 0.25) is 0 Å². The fourth-order valence-electron chi connectivity index (χ4n) is 2.14. The van der Waals surface area contributed by atoms with E-state index in [9.17, 15) is 13.2 Å². The van der Waals surface area contributed by atoms with Crippen LogP contribution in [0.25, 0.3) is 0 Å². The van der Waals surface area contributed by atoms with Crippen LogP contribution in [0.15, 0.2) is 46.0 Å². The first-order valence-corrected chi connectivity index (χ1v) is 10.9. The number of thiophene rings is 1. The number of hydrogen-bond donors (Lipinski definition) is 1. The van der Waals surface area contributed by atoms with Gasteiger partial charge in [0.15, 0.2) is 6.61 Å². The van der Waals surface area contributed by atoms with E-state index in [-0.39, 0.29) is 16.7 Å². The molecule has 0 atom stereocenters. The third-order valence-electron chi connectivity index (χ3n) is 3.68. The number of rotatable bonds is 12. The normalized spacial score (nSPS) is 11.2. The van der Waals surface area contributed by atoms with Crippen molar-refractivity contribution in [2.45, 2.75) is 4.21 Å². The zero-order chi connectivity index (χ0) is 20.4. The van der Waals surface area contributed by atoms with Crippen molar-refractivity contribution in [3.63, 3.8) is 0 Å². The SMILES string of the molecule is COCCOCCNC(=O)COc1ccc(N(C)S(=O)(=O)c2cccs2)cc1. The van der Waals surface area contributed by atoms with Crippen LogP contribution in [0.4, 0.5) is 5.69 Å². The molecule has 0 aliphatic heterocycles. The van der Waals surface area contributed by atoms with Crippen molar-refractivity contribution in [2.75, 3.05) is 51.4 Å². The molecule has 0 unspecified atom stereocenters. The number of nitrogens with zero attached hydrogens (tertiary/aromatic N) is 1. The Morgan fingerprint density at radius 3 is 2.54 bits per heavy atom. The first-order chi connectivity index (χ1) is 13.4. The standard InChI is InChI=1S/C18H24N2O6S2/c1-20(28(22,23)18-4-3-13-27-18)15-5-7-16(8-6-15)26-14-17(21)19-9-10-25-12-11-24-2/h3-8,13H,9-12,14H2,1-2H3,(H,19,21). The van der Waals surface area contributed by atoms with Gasteiger partial charge in [-0.1, -0.05) is 6.07 Å². The minimum Gasteiger partial charge on any atom is -0.484 e. The van der Waals surface area contributed by atoms with E-state index in [1.165, 1.54) is 22.7 Å². The smallest absolute Gasteiger partial charge is 0.273 e. The molecular weight excluding hydrogens is 404 g/mol. The summed E-state index contributed by atoms with van der Waals surface area (Å²) in [5.41, 5.74) is 0.499. The predicted molar refractivity (Wildman–Crippen MR) is 108 cm³/mol. The molecule has 0 aliphatic rings. The number of hydrogen-bond acceptors (Lipinski definition) is 7. The second-order valence-corrected chi connectivity index (χ2v) is 8.79. The fraction of sp³-hybridized carbons (Fsp3) is 0.389. The van der Waals surface area contributed by atoms with Gasteiger partial charge in [0.25, 0.3) is 15.9 Å². The van der Waals surface area contributed by atoms with Gasteiger partial charge in [0.05, 0.1) is 25.5 Å². The Balaban J connectivity index is 1.79. The van der Waals surface area contributed by atoms with E-state index in [1.807, 2.05) is 0 Å². The highest BCUT2D eigenvalue weighted by molar-refractivity contribution is 7.94. The highest BCUT2D eigenvalue weighted by Gasteiger charge is 2.22. The van der Waals surface area contributed by atoms with Crippen molar-refractivity contribution in [1.82, 2.24) is 5.32 Å². The molecule has 0 spiro atoms. The van der Waals surface area contributed by atoms with Gasteiger partial charge in [-0.15, -0.1) is 11.3 Å². The molecule has 1 aromatic carbocycles. The third kappa shape index (κ3) is 6.48. The minimum atomic E-state index is -3.58. The number of methoxy groups -OCH3 is 1. The van der Waals surface area contributed by atoms with Crippen LogP contribution in [0.3, 0.4) is 0 Å². The van der Waals surface area contributed by atoms with Gasteiger partial charge < -0.3 is 19.5 Å². The summed E-state index contributed by atoms with van der Waals surface area (Å²) in [4.78, 5) is 11.7. The zero-order valence-electron chi connectivity index (χ0n) is 15.8. The third-order valence-corrected chi connectivity index (χ3v) is 6.84. The Morgan fingerprint density at radius 2 is 1.89 bits per heavy atom. The fourth-order valence-corrected chi connectivity index (χ4v) is 4.50. The lowest BCUT2D eigenvalue weighted by Gasteiger charge is -2.18. The summed E-state index contributed by atoms with van der Waals surface area (Å²) in [7, 11) is -0.493. The summed E-state index contributed by atoms with van der Waals surface area (Å²) in [6.45, 7) is 1.63. The number of ether oxygens (including phenoxy) is 3. The van der Waals surface area contributed by atoms with Gasteiger partial charge in [-0.3, -0.25) is 9.10 Å². The molecule has 2 aromatic rings. The van der Waals surface area contributed by atoms with Crippen LogP contribution >= 0.6 is 11.3 Å². The van der Waals surface area contributed by atoms with Gasteiger partial charge in [0.2, 0.25) is 0 Å². The van der Waals surface area contributed by atoms with Gasteiger partial charge in [-0.2, -0.15) is 0 Å². The number of amides is 1. The monoisotopic (exact) mass is 428 g/mol. The van der Waals surface area contributed by atoms with Gasteiger partial charge in [-0.25, -0.2) is 8.42 Å². The first-order valence-electron chi connectivity index (χ1n) is 8.54. The number of carbonyl (C=O) groups is 1. The zero-order valence-corrected chi connectivity index (χ0v) is 17.4. The number of sulfonamides is 1. The molecule has 0 radical (unpaired) electrons. The lowest BCUT2D eigenvalue weighted by atomic mass is 10.3. The topological polar surface area (TPSA) is 94.2 Å². The lowest BCUT2D eigenvalue weighted by molar-refractivity contribution is -0.123. The average molecular weight is 429 g/mol. The molecule has 1 heterocycles. The van der Waals surface area contributed by atoms with Gasteiger partial charge in [0.1, 0.15) is 9.96 Å². The highest BCUT2D eigenvalue weighted by Crippen LogP contribution is 2.26. The van der Waals surface area contributed by atoms with Crippen molar-refractivity contribution in [1.29, 1.82) is 0 Å². The maximum atomic E-state index is 12.5. The predicted octanol–water partition coefficient (Wildman–Crippen LogP) is 1.73. The molecule has 154 valence electrons. The summed E-state index contributed by atoms with van der Waals surface area (Å²) in [5, 5.41) is 4.40. The molecular formula is C18H24N2O6S2. The molecule has 1 N–H and O–H groups in total. The van der Waals surface area contributed by atoms with Crippen LogP contribution < -0.4 is 14.4 Å². The minimum absolute atomic E-state index is 0.138. The van der Waals surface area contributed by atoms with E-state index in [4.69, 9.17) is 14.2 Å². The van der Waals surface area contributed by atoms with Crippen molar-refractivity contribution in [2.24, 2.45) is 0 Å². The van der Waals surface area contributed by atoms with Crippen LogP contribution in [-0.4, -0.2) is 61.5 Å². The van der Waals surface area contributed by atoms with Crippen molar-refractivity contribution in [3.05, 3.63) is 41.8 Å². The highest BCUT2D eigenvalue weighted by atomic mass is 32.2. The van der Waals surface area contributed by atoms with E-state index in [0.717, 1.165) is 0 Å². The Hall–Kier alpha value is -2.14. The molecule has 0 fully saturated rings. The Morgan fingerprint density at radius 1 is 1.14 bits per heavy atom. The Bertz CT molecular complexity index is 822. The van der Waals surface area contributed by atoms with E-state index in [1.54, 1.807) is 48.9 Å². The molecule has 8 nitrogen and oxygen atoms in total. The number of anilines is 1. The van der Waals surface area contributed by atoms with Crippen molar-refractivity contribution >= 4 is 33.0 Å². The van der Waals surface area contributed by atoms with Crippen LogP contribution in [0.5, 0.6) is 5.75 Å². The first kappa shape index (κ1) is 22.2. The molecule has 0 bridgehead atoms. The summed E-state index contributed by atoms with van der Waals surface area (Å²) < 4.78 is 42.0. The number of carbonyl (C=O) groups excluding carboxylic acids is 1. The van der Waals surface area contributed by atoms with E-state index < -0.39 is 10.0 Å². The van der Waals surface area contributed by atoms with Crippen molar-refractivity contribution in [3.8, 4) is 5.75 Å². The molecule has 2 rings (SSSR count). The van der Waals surface area contributed by atoms with Crippen LogP contribution in [0.1, 0.15) is 0 Å². The Kier molecular flexibility index (Phi) is 8.71. The van der Waals surface area contributed by atoms with Gasteiger partial charge >= 0.3 is 0 Å². The second-order valence-electron chi connectivity index (χ2n) is 5.64. The maximum Gasteiger partial charge on any atom is 0.273 e. The van der Waals surface area contributed by atoms with E-state index in [0.29, 0.717) is 37.8 Å².